The van der Waals surface area contributed by atoms with Gasteiger partial charge in [-0.25, -0.2) is 0 Å². The highest BCUT2D eigenvalue weighted by Crippen LogP contribution is 2.46. The molecule has 0 radical (unpaired) electrons. The van der Waals surface area contributed by atoms with E-state index in [0.29, 0.717) is 13.2 Å². The van der Waals surface area contributed by atoms with Crippen molar-refractivity contribution in [2.24, 2.45) is 0 Å². The molecule has 1 rings (SSSR count). The second-order valence-corrected chi connectivity index (χ2v) is 14.8. The van der Waals surface area contributed by atoms with Gasteiger partial charge in [0.25, 0.3) is 0 Å². The number of hydrogen-bond donors (Lipinski definition) is 0. The van der Waals surface area contributed by atoms with E-state index in [9.17, 15) is 4.57 Å². The second kappa shape index (κ2) is 7.31. The van der Waals surface area contributed by atoms with E-state index in [4.69, 9.17) is 13.7 Å². The van der Waals surface area contributed by atoms with Crippen LogP contribution in [0, 0.1) is 0 Å². The Morgan fingerprint density at radius 2 is 2.00 bits per heavy atom. The van der Waals surface area contributed by atoms with Crippen LogP contribution < -0.4 is 0 Å². The standard InChI is InChI=1S/C16H33O4PSi/c1-9-19-21(6,17)12-13(2)15-14(10-11-18-15)20-22(7,8)16(3,4)5/h12,14-15H,9-11H2,1-8H3/b13-12+/t14?,15-,21?/m1/s1. The smallest absolute Gasteiger partial charge is 0.222 e. The van der Waals surface area contributed by atoms with Gasteiger partial charge < -0.3 is 13.7 Å². The van der Waals surface area contributed by atoms with E-state index in [2.05, 4.69) is 33.9 Å². The maximum atomic E-state index is 12.3. The summed E-state index contributed by atoms with van der Waals surface area (Å²) in [5.41, 5.74) is 0.959. The zero-order valence-corrected chi connectivity index (χ0v) is 17.3. The maximum Gasteiger partial charge on any atom is 0.222 e. The van der Waals surface area contributed by atoms with Crippen molar-refractivity contribution in [2.45, 2.75) is 71.4 Å². The molecule has 0 aromatic heterocycles. The average Bonchev–Trinajstić information content (AvgIpc) is 2.73. The van der Waals surface area contributed by atoms with Crippen molar-refractivity contribution < 1.29 is 18.3 Å². The molecular weight excluding hydrogens is 315 g/mol. The van der Waals surface area contributed by atoms with Gasteiger partial charge in [0.15, 0.2) is 8.32 Å². The first-order valence-corrected chi connectivity index (χ1v) is 13.1. The summed E-state index contributed by atoms with van der Waals surface area (Å²) in [5, 5.41) is 0.170. The molecule has 0 aromatic carbocycles. The Hall–Kier alpha value is 0.0669. The van der Waals surface area contributed by atoms with Crippen molar-refractivity contribution in [1.29, 1.82) is 0 Å². The molecule has 1 heterocycles. The molecule has 6 heteroatoms. The Balaban J connectivity index is 2.87. The molecule has 130 valence electrons. The predicted octanol–water partition coefficient (Wildman–Crippen LogP) is 5.01. The quantitative estimate of drug-likeness (QED) is 0.500. The summed E-state index contributed by atoms with van der Waals surface area (Å²) >= 11 is 0. The van der Waals surface area contributed by atoms with E-state index in [-0.39, 0.29) is 17.2 Å². The summed E-state index contributed by atoms with van der Waals surface area (Å²) in [6.45, 7) is 17.8. The van der Waals surface area contributed by atoms with Crippen LogP contribution in [-0.4, -0.2) is 40.4 Å². The molecule has 0 bridgehead atoms. The minimum atomic E-state index is -2.70. The first-order chi connectivity index (χ1) is 9.89. The van der Waals surface area contributed by atoms with Gasteiger partial charge in [-0.1, -0.05) is 20.8 Å². The summed E-state index contributed by atoms with van der Waals surface area (Å²) < 4.78 is 30.1. The summed E-state index contributed by atoms with van der Waals surface area (Å²) in [7, 11) is -4.54. The Morgan fingerprint density at radius 3 is 2.50 bits per heavy atom. The molecule has 0 spiro atoms. The van der Waals surface area contributed by atoms with Gasteiger partial charge in [0.1, 0.15) is 6.10 Å². The molecule has 1 aliphatic rings. The zero-order valence-electron chi connectivity index (χ0n) is 15.4. The third kappa shape index (κ3) is 5.31. The number of hydrogen-bond acceptors (Lipinski definition) is 4. The predicted molar refractivity (Wildman–Crippen MR) is 95.3 cm³/mol. The largest absolute Gasteiger partial charge is 0.411 e. The Labute approximate surface area is 137 Å². The molecule has 0 aliphatic carbocycles. The fourth-order valence-electron chi connectivity index (χ4n) is 2.41. The number of ether oxygens (including phenoxy) is 1. The summed E-state index contributed by atoms with van der Waals surface area (Å²) in [5.74, 6) is 1.74. The van der Waals surface area contributed by atoms with Gasteiger partial charge >= 0.3 is 0 Å². The van der Waals surface area contributed by atoms with E-state index in [1.54, 1.807) is 12.5 Å². The lowest BCUT2D eigenvalue weighted by atomic mass is 10.1. The minimum Gasteiger partial charge on any atom is -0.411 e. The Morgan fingerprint density at radius 1 is 1.41 bits per heavy atom. The second-order valence-electron chi connectivity index (χ2n) is 7.70. The molecule has 0 saturated carbocycles. The van der Waals surface area contributed by atoms with Crippen molar-refractivity contribution in [3.05, 3.63) is 11.4 Å². The van der Waals surface area contributed by atoms with E-state index >= 15 is 0 Å². The molecule has 0 N–H and O–H groups in total. The Bertz CT molecular complexity index is 454. The molecule has 1 aliphatic heterocycles. The average molecular weight is 348 g/mol. The van der Waals surface area contributed by atoms with Crippen LogP contribution in [0.3, 0.4) is 0 Å². The van der Waals surface area contributed by atoms with Gasteiger partial charge in [0.05, 0.1) is 19.3 Å². The SMILES string of the molecule is CCOP(C)(=O)/C=C(\C)[C@H]1OCCC1O[Si](C)(C)C(C)(C)C. The summed E-state index contributed by atoms with van der Waals surface area (Å²) in [6, 6.07) is 0. The fraction of sp³-hybridized carbons (Fsp3) is 0.875. The molecule has 0 aromatic rings. The maximum absolute atomic E-state index is 12.3. The van der Waals surface area contributed by atoms with Crippen LogP contribution in [0.15, 0.2) is 11.4 Å². The molecular formula is C16H33O4PSi. The molecule has 1 saturated heterocycles. The highest BCUT2D eigenvalue weighted by molar-refractivity contribution is 7.61. The van der Waals surface area contributed by atoms with Crippen molar-refractivity contribution in [3.8, 4) is 0 Å². The number of rotatable bonds is 6. The van der Waals surface area contributed by atoms with E-state index in [0.717, 1.165) is 12.0 Å². The van der Waals surface area contributed by atoms with Crippen LogP contribution in [0.25, 0.3) is 0 Å². The first-order valence-electron chi connectivity index (χ1n) is 8.10. The normalized spacial score (nSPS) is 27.0. The van der Waals surface area contributed by atoms with Crippen molar-refractivity contribution in [1.82, 2.24) is 0 Å². The topological polar surface area (TPSA) is 44.8 Å². The van der Waals surface area contributed by atoms with Crippen molar-refractivity contribution >= 4 is 15.7 Å². The lowest BCUT2D eigenvalue weighted by Gasteiger charge is -2.39. The molecule has 1 fully saturated rings. The van der Waals surface area contributed by atoms with E-state index in [1.807, 2.05) is 13.8 Å². The lowest BCUT2D eigenvalue weighted by molar-refractivity contribution is 0.0723. The Kier molecular flexibility index (Phi) is 6.68. The molecule has 22 heavy (non-hydrogen) atoms. The van der Waals surface area contributed by atoms with Gasteiger partial charge in [-0.3, -0.25) is 4.57 Å². The van der Waals surface area contributed by atoms with Crippen LogP contribution in [0.4, 0.5) is 0 Å². The third-order valence-corrected chi connectivity index (χ3v) is 10.7. The summed E-state index contributed by atoms with van der Waals surface area (Å²) in [6.07, 6.45) is 0.840. The van der Waals surface area contributed by atoms with Gasteiger partial charge in [0, 0.05) is 12.5 Å². The van der Waals surface area contributed by atoms with E-state index < -0.39 is 15.7 Å². The van der Waals surface area contributed by atoms with Crippen LogP contribution in [0.1, 0.15) is 41.0 Å². The molecule has 3 atom stereocenters. The van der Waals surface area contributed by atoms with Crippen LogP contribution >= 0.6 is 7.37 Å². The van der Waals surface area contributed by atoms with E-state index in [1.165, 1.54) is 0 Å². The van der Waals surface area contributed by atoms with Crippen molar-refractivity contribution in [3.63, 3.8) is 0 Å². The molecule has 0 amide bonds. The van der Waals surface area contributed by atoms with Crippen molar-refractivity contribution in [2.75, 3.05) is 19.9 Å². The van der Waals surface area contributed by atoms with Gasteiger partial charge in [-0.2, -0.15) is 0 Å². The van der Waals surface area contributed by atoms with Gasteiger partial charge in [-0.15, -0.1) is 0 Å². The molecule has 4 nitrogen and oxygen atoms in total. The van der Waals surface area contributed by atoms with Gasteiger partial charge in [0.2, 0.25) is 7.37 Å². The highest BCUT2D eigenvalue weighted by atomic mass is 31.2. The fourth-order valence-corrected chi connectivity index (χ4v) is 5.23. The lowest BCUT2D eigenvalue weighted by Crippen LogP contribution is -2.46. The van der Waals surface area contributed by atoms with Gasteiger partial charge in [-0.05, 0) is 44.0 Å². The van der Waals surface area contributed by atoms with Crippen LogP contribution in [0.2, 0.25) is 18.1 Å². The van der Waals surface area contributed by atoms with Crippen LogP contribution in [-0.2, 0) is 18.3 Å². The van der Waals surface area contributed by atoms with Crippen LogP contribution in [0.5, 0.6) is 0 Å². The third-order valence-electron chi connectivity index (χ3n) is 4.56. The highest BCUT2D eigenvalue weighted by Gasteiger charge is 2.42. The molecule has 2 unspecified atom stereocenters. The monoisotopic (exact) mass is 348 g/mol. The summed E-state index contributed by atoms with van der Waals surface area (Å²) in [4.78, 5) is 0. The minimum absolute atomic E-state index is 0.0544. The zero-order chi connectivity index (χ0) is 17.2. The first kappa shape index (κ1) is 20.1.